The zero-order chi connectivity index (χ0) is 35.2. The maximum Gasteiger partial charge on any atom is 0.322 e. The third-order valence-electron chi connectivity index (χ3n) is 9.76. The number of carbonyl (C=O) groups is 2. The van der Waals surface area contributed by atoms with Crippen LogP contribution in [0.3, 0.4) is 0 Å². The van der Waals surface area contributed by atoms with Gasteiger partial charge in [-0.1, -0.05) is 194 Å². The fourth-order valence-corrected chi connectivity index (χ4v) is 6.41. The van der Waals surface area contributed by atoms with Crippen molar-refractivity contribution in [1.29, 1.82) is 0 Å². The zero-order valence-corrected chi connectivity index (χ0v) is 32.2. The van der Waals surface area contributed by atoms with E-state index in [1.54, 1.807) is 0 Å². The Morgan fingerprint density at radius 3 is 1.31 bits per heavy atom. The molecule has 0 bridgehead atoms. The molecule has 0 fully saturated rings. The quantitative estimate of drug-likeness (QED) is 0.0515. The molecule has 2 unspecified atom stereocenters. The molecule has 0 rings (SSSR count). The van der Waals surface area contributed by atoms with Crippen molar-refractivity contribution >= 4 is 11.9 Å². The van der Waals surface area contributed by atoms with Crippen LogP contribution < -0.4 is 5.73 Å². The summed E-state index contributed by atoms with van der Waals surface area (Å²) in [7, 11) is 0. The number of nitrogens with two attached hydrogens (primary N) is 1. The molecule has 2 N–H and O–H groups in total. The largest absolute Gasteiger partial charge is 0.466 e. The Hall–Kier alpha value is -1.17. The van der Waals surface area contributed by atoms with E-state index in [2.05, 4.69) is 13.8 Å². The predicted molar refractivity (Wildman–Crippen MR) is 203 cm³/mol. The number of halogens is 1. The van der Waals surface area contributed by atoms with Crippen LogP contribution in [-0.4, -0.2) is 37.4 Å². The normalized spacial score (nSPS) is 12.7. The van der Waals surface area contributed by atoms with Gasteiger partial charge in [0.2, 0.25) is 0 Å². The first-order valence-electron chi connectivity index (χ1n) is 21.2. The van der Waals surface area contributed by atoms with Crippen molar-refractivity contribution in [2.75, 3.05) is 13.2 Å². The highest BCUT2D eigenvalue weighted by atomic mass is 19.1. The van der Waals surface area contributed by atoms with Crippen molar-refractivity contribution in [3.05, 3.63) is 0 Å². The minimum atomic E-state index is -0.899. The predicted octanol–water partition coefficient (Wildman–Crippen LogP) is 13.0. The average molecular weight is 684 g/mol. The Kier molecular flexibility index (Phi) is 37.7. The first-order chi connectivity index (χ1) is 23.5. The van der Waals surface area contributed by atoms with Crippen molar-refractivity contribution in [1.82, 2.24) is 0 Å². The maximum absolute atomic E-state index is 13.8. The fourth-order valence-electron chi connectivity index (χ4n) is 6.41. The van der Waals surface area contributed by atoms with Crippen LogP contribution in [0.4, 0.5) is 4.39 Å². The molecular formula is C42H82FNO4. The lowest BCUT2D eigenvalue weighted by Crippen LogP contribution is -2.32. The molecule has 0 aromatic carbocycles. The Morgan fingerprint density at radius 1 is 0.458 bits per heavy atom. The summed E-state index contributed by atoms with van der Waals surface area (Å²) in [5.74, 6) is -0.458. The number of hydrogen-bond donors (Lipinski definition) is 1. The van der Waals surface area contributed by atoms with Gasteiger partial charge in [-0.05, 0) is 25.7 Å². The highest BCUT2D eigenvalue weighted by molar-refractivity contribution is 5.75. The number of carbonyl (C=O) groups excluding carboxylic acids is 2. The van der Waals surface area contributed by atoms with Crippen LogP contribution in [0.25, 0.3) is 0 Å². The molecule has 0 heterocycles. The van der Waals surface area contributed by atoms with Crippen LogP contribution in [-0.2, 0) is 19.1 Å². The second-order valence-corrected chi connectivity index (χ2v) is 14.6. The summed E-state index contributed by atoms with van der Waals surface area (Å²) in [5.41, 5.74) is 5.95. The summed E-state index contributed by atoms with van der Waals surface area (Å²) in [5, 5.41) is 0. The van der Waals surface area contributed by atoms with E-state index in [1.165, 1.54) is 116 Å². The van der Waals surface area contributed by atoms with Crippen molar-refractivity contribution in [2.45, 2.75) is 244 Å². The van der Waals surface area contributed by atoms with E-state index in [0.717, 1.165) is 77.0 Å². The molecule has 0 aromatic rings. The van der Waals surface area contributed by atoms with Crippen LogP contribution in [0, 0.1) is 0 Å². The summed E-state index contributed by atoms with van der Waals surface area (Å²) < 4.78 is 24.4. The van der Waals surface area contributed by atoms with Gasteiger partial charge >= 0.3 is 11.9 Å². The van der Waals surface area contributed by atoms with E-state index in [-0.39, 0.29) is 19.0 Å². The SMILES string of the molecule is CCCCCCCCCCCCCCCCCCCCCCOC(=O)CCCCCCCCCC(N)C(=O)OCCC(F)CCCCC. The Bertz CT molecular complexity index is 676. The standard InChI is InChI=1S/C42H82FNO4/c1-3-5-7-8-9-10-11-12-13-14-15-16-17-18-19-20-21-25-28-32-37-47-41(45)35-31-27-24-22-23-26-30-34-40(44)42(46)48-38-36-39(43)33-29-6-4-2/h39-40H,3-38,44H2,1-2H3. The molecular weight excluding hydrogens is 601 g/mol. The summed E-state index contributed by atoms with van der Waals surface area (Å²) in [6, 6.07) is -0.613. The smallest absolute Gasteiger partial charge is 0.322 e. The van der Waals surface area contributed by atoms with Crippen LogP contribution >= 0.6 is 0 Å². The Morgan fingerprint density at radius 2 is 0.833 bits per heavy atom. The third kappa shape index (κ3) is 36.1. The second-order valence-electron chi connectivity index (χ2n) is 14.6. The van der Waals surface area contributed by atoms with Gasteiger partial charge in [-0.25, -0.2) is 4.39 Å². The maximum atomic E-state index is 13.8. The monoisotopic (exact) mass is 684 g/mol. The van der Waals surface area contributed by atoms with E-state index in [1.807, 2.05) is 0 Å². The molecule has 0 radical (unpaired) electrons. The minimum Gasteiger partial charge on any atom is -0.466 e. The van der Waals surface area contributed by atoms with Gasteiger partial charge in [-0.3, -0.25) is 9.59 Å². The van der Waals surface area contributed by atoms with Gasteiger partial charge < -0.3 is 15.2 Å². The number of hydrogen-bond acceptors (Lipinski definition) is 5. The van der Waals surface area contributed by atoms with Gasteiger partial charge in [0.1, 0.15) is 12.2 Å². The molecule has 0 saturated heterocycles. The molecule has 5 nitrogen and oxygen atoms in total. The second kappa shape index (κ2) is 38.6. The summed E-state index contributed by atoms with van der Waals surface area (Å²) in [4.78, 5) is 24.0. The van der Waals surface area contributed by atoms with Crippen molar-refractivity contribution in [2.24, 2.45) is 5.73 Å². The highest BCUT2D eigenvalue weighted by Gasteiger charge is 2.15. The molecule has 0 amide bonds. The molecule has 6 heteroatoms. The molecule has 0 aliphatic heterocycles. The first-order valence-corrected chi connectivity index (χ1v) is 21.2. The molecule has 0 aliphatic rings. The van der Waals surface area contributed by atoms with Gasteiger partial charge in [0.05, 0.1) is 13.2 Å². The van der Waals surface area contributed by atoms with E-state index < -0.39 is 18.2 Å². The first kappa shape index (κ1) is 46.8. The summed E-state index contributed by atoms with van der Waals surface area (Å²) in [6.07, 6.45) is 38.7. The number of esters is 2. The van der Waals surface area contributed by atoms with Crippen LogP contribution in [0.15, 0.2) is 0 Å². The molecule has 0 aromatic heterocycles. The van der Waals surface area contributed by atoms with Crippen molar-refractivity contribution < 1.29 is 23.5 Å². The van der Waals surface area contributed by atoms with Gasteiger partial charge in [0.25, 0.3) is 0 Å². The number of alkyl halides is 1. The fraction of sp³-hybridized carbons (Fsp3) is 0.952. The Balaban J connectivity index is 3.32. The lowest BCUT2D eigenvalue weighted by Gasteiger charge is -2.13. The van der Waals surface area contributed by atoms with E-state index in [0.29, 0.717) is 25.9 Å². The van der Waals surface area contributed by atoms with Crippen molar-refractivity contribution in [3.63, 3.8) is 0 Å². The van der Waals surface area contributed by atoms with Crippen LogP contribution in [0.2, 0.25) is 0 Å². The number of unbranched alkanes of at least 4 members (excludes halogenated alkanes) is 27. The van der Waals surface area contributed by atoms with Gasteiger partial charge in [-0.2, -0.15) is 0 Å². The van der Waals surface area contributed by atoms with E-state index >= 15 is 0 Å². The third-order valence-corrected chi connectivity index (χ3v) is 9.76. The summed E-state index contributed by atoms with van der Waals surface area (Å²) in [6.45, 7) is 5.08. The van der Waals surface area contributed by atoms with Crippen molar-refractivity contribution in [3.8, 4) is 0 Å². The average Bonchev–Trinajstić information content (AvgIpc) is 3.08. The molecule has 0 spiro atoms. The molecule has 0 saturated carbocycles. The topological polar surface area (TPSA) is 78.6 Å². The van der Waals surface area contributed by atoms with Crippen LogP contribution in [0.1, 0.15) is 232 Å². The molecule has 286 valence electrons. The highest BCUT2D eigenvalue weighted by Crippen LogP contribution is 2.16. The van der Waals surface area contributed by atoms with Gasteiger partial charge in [0.15, 0.2) is 0 Å². The van der Waals surface area contributed by atoms with Gasteiger partial charge in [-0.15, -0.1) is 0 Å². The number of ether oxygens (including phenoxy) is 2. The lowest BCUT2D eigenvalue weighted by atomic mass is 10.0. The lowest BCUT2D eigenvalue weighted by molar-refractivity contribution is -0.146. The van der Waals surface area contributed by atoms with E-state index in [9.17, 15) is 14.0 Å². The Labute approximate surface area is 298 Å². The summed E-state index contributed by atoms with van der Waals surface area (Å²) >= 11 is 0. The molecule has 0 aliphatic carbocycles. The van der Waals surface area contributed by atoms with E-state index in [4.69, 9.17) is 15.2 Å². The molecule has 48 heavy (non-hydrogen) atoms. The van der Waals surface area contributed by atoms with Gasteiger partial charge in [0, 0.05) is 12.8 Å². The number of rotatable bonds is 39. The minimum absolute atomic E-state index is 0.0489. The molecule has 2 atom stereocenters. The zero-order valence-electron chi connectivity index (χ0n) is 32.2. The van der Waals surface area contributed by atoms with Crippen LogP contribution in [0.5, 0.6) is 0 Å².